The van der Waals surface area contributed by atoms with Crippen LogP contribution < -0.4 is 10.6 Å². The predicted octanol–water partition coefficient (Wildman–Crippen LogP) is 3.28. The SMILES string of the molecule is CCNC(C)(C)C(=O)NC(c1ccccc1)C(C)(C)C. The van der Waals surface area contributed by atoms with E-state index in [-0.39, 0.29) is 17.4 Å². The van der Waals surface area contributed by atoms with Gasteiger partial charge in [-0.25, -0.2) is 0 Å². The number of rotatable bonds is 5. The third-order valence-electron chi connectivity index (χ3n) is 3.46. The Labute approximate surface area is 123 Å². The minimum absolute atomic E-state index is 0.00543. The Morgan fingerprint density at radius 2 is 1.65 bits per heavy atom. The van der Waals surface area contributed by atoms with E-state index in [4.69, 9.17) is 0 Å². The molecule has 112 valence electrons. The van der Waals surface area contributed by atoms with Crippen molar-refractivity contribution in [3.8, 4) is 0 Å². The second kappa shape index (κ2) is 6.40. The lowest BCUT2D eigenvalue weighted by Gasteiger charge is -2.35. The lowest BCUT2D eigenvalue weighted by molar-refractivity contribution is -0.128. The van der Waals surface area contributed by atoms with Gasteiger partial charge in [-0.1, -0.05) is 58.0 Å². The predicted molar refractivity (Wildman–Crippen MR) is 84.5 cm³/mol. The Hall–Kier alpha value is -1.35. The highest BCUT2D eigenvalue weighted by atomic mass is 16.2. The molecule has 0 heterocycles. The molecule has 0 spiro atoms. The number of likely N-dealkylation sites (N-methyl/N-ethyl adjacent to an activating group) is 1. The highest BCUT2D eigenvalue weighted by Crippen LogP contribution is 2.32. The topological polar surface area (TPSA) is 41.1 Å². The number of hydrogen-bond donors (Lipinski definition) is 2. The molecule has 1 unspecified atom stereocenters. The Bertz CT molecular complexity index is 432. The number of nitrogens with one attached hydrogen (secondary N) is 2. The lowest BCUT2D eigenvalue weighted by atomic mass is 9.82. The van der Waals surface area contributed by atoms with Gasteiger partial charge in [0, 0.05) is 0 Å². The van der Waals surface area contributed by atoms with Crippen molar-refractivity contribution in [1.29, 1.82) is 0 Å². The number of carbonyl (C=O) groups excluding carboxylic acids is 1. The third kappa shape index (κ3) is 4.34. The standard InChI is InChI=1S/C17H28N2O/c1-7-18-17(5,6)15(20)19-14(16(2,3)4)13-11-9-8-10-12-13/h8-12,14,18H,7H2,1-6H3,(H,19,20). The van der Waals surface area contributed by atoms with Crippen molar-refractivity contribution in [2.75, 3.05) is 6.54 Å². The van der Waals surface area contributed by atoms with Crippen LogP contribution in [0.25, 0.3) is 0 Å². The van der Waals surface area contributed by atoms with E-state index in [1.54, 1.807) is 0 Å². The van der Waals surface area contributed by atoms with Gasteiger partial charge in [-0.3, -0.25) is 4.79 Å². The maximum Gasteiger partial charge on any atom is 0.240 e. The molecule has 0 aliphatic rings. The molecule has 0 radical (unpaired) electrons. The minimum Gasteiger partial charge on any atom is -0.347 e. The summed E-state index contributed by atoms with van der Waals surface area (Å²) in [6, 6.07) is 10.1. The van der Waals surface area contributed by atoms with Crippen molar-refractivity contribution < 1.29 is 4.79 Å². The van der Waals surface area contributed by atoms with E-state index in [1.165, 1.54) is 0 Å². The maximum absolute atomic E-state index is 12.5. The number of benzene rings is 1. The molecule has 1 aromatic carbocycles. The van der Waals surface area contributed by atoms with Gasteiger partial charge in [-0.2, -0.15) is 0 Å². The monoisotopic (exact) mass is 276 g/mol. The van der Waals surface area contributed by atoms with Crippen LogP contribution in [-0.4, -0.2) is 18.0 Å². The largest absolute Gasteiger partial charge is 0.347 e. The molecule has 20 heavy (non-hydrogen) atoms. The van der Waals surface area contributed by atoms with Gasteiger partial charge >= 0.3 is 0 Å². The van der Waals surface area contributed by atoms with Crippen molar-refractivity contribution >= 4 is 5.91 Å². The van der Waals surface area contributed by atoms with Gasteiger partial charge in [0.1, 0.15) is 0 Å². The summed E-state index contributed by atoms with van der Waals surface area (Å²) in [4.78, 5) is 12.5. The summed E-state index contributed by atoms with van der Waals surface area (Å²) in [5, 5.41) is 6.41. The van der Waals surface area contributed by atoms with E-state index in [0.29, 0.717) is 0 Å². The van der Waals surface area contributed by atoms with Gasteiger partial charge in [0.05, 0.1) is 11.6 Å². The first-order chi connectivity index (χ1) is 9.18. The molecular weight excluding hydrogens is 248 g/mol. The van der Waals surface area contributed by atoms with Crippen molar-refractivity contribution in [3.05, 3.63) is 35.9 Å². The zero-order valence-electron chi connectivity index (χ0n) is 13.6. The summed E-state index contributed by atoms with van der Waals surface area (Å²) < 4.78 is 0. The molecule has 0 saturated heterocycles. The zero-order chi connectivity index (χ0) is 15.4. The molecular formula is C17H28N2O. The number of carbonyl (C=O) groups is 1. The molecule has 1 rings (SSSR count). The van der Waals surface area contributed by atoms with Gasteiger partial charge in [0.15, 0.2) is 0 Å². The first-order valence-electron chi connectivity index (χ1n) is 7.29. The Balaban J connectivity index is 2.96. The maximum atomic E-state index is 12.5. The van der Waals surface area contributed by atoms with Crippen molar-refractivity contribution in [2.45, 2.75) is 53.1 Å². The van der Waals surface area contributed by atoms with E-state index in [0.717, 1.165) is 12.1 Å². The van der Waals surface area contributed by atoms with Crippen LogP contribution in [-0.2, 0) is 4.79 Å². The molecule has 0 aliphatic carbocycles. The first kappa shape index (κ1) is 16.7. The van der Waals surface area contributed by atoms with E-state index in [1.807, 2.05) is 39.0 Å². The van der Waals surface area contributed by atoms with Crippen LogP contribution in [0.4, 0.5) is 0 Å². The Morgan fingerprint density at radius 3 is 2.10 bits per heavy atom. The summed E-state index contributed by atoms with van der Waals surface area (Å²) in [7, 11) is 0. The fourth-order valence-corrected chi connectivity index (χ4v) is 2.28. The van der Waals surface area contributed by atoms with Crippen LogP contribution in [0.2, 0.25) is 0 Å². The Morgan fingerprint density at radius 1 is 1.10 bits per heavy atom. The first-order valence-corrected chi connectivity index (χ1v) is 7.29. The molecule has 0 saturated carbocycles. The summed E-state index contributed by atoms with van der Waals surface area (Å²) in [6.07, 6.45) is 0. The fourth-order valence-electron chi connectivity index (χ4n) is 2.28. The van der Waals surface area contributed by atoms with Gasteiger partial charge in [-0.05, 0) is 31.4 Å². The van der Waals surface area contributed by atoms with Crippen LogP contribution in [0.3, 0.4) is 0 Å². The fraction of sp³-hybridized carbons (Fsp3) is 0.588. The summed E-state index contributed by atoms with van der Waals surface area (Å²) in [6.45, 7) is 13.0. The van der Waals surface area contributed by atoms with Crippen LogP contribution in [0.15, 0.2) is 30.3 Å². The second-order valence-corrected chi connectivity index (χ2v) is 6.84. The molecule has 3 heteroatoms. The smallest absolute Gasteiger partial charge is 0.240 e. The number of hydrogen-bond acceptors (Lipinski definition) is 2. The van der Waals surface area contributed by atoms with Crippen molar-refractivity contribution in [2.24, 2.45) is 5.41 Å². The minimum atomic E-state index is -0.562. The average molecular weight is 276 g/mol. The molecule has 2 N–H and O–H groups in total. The summed E-state index contributed by atoms with van der Waals surface area (Å²) in [5.74, 6) is 0.0307. The highest BCUT2D eigenvalue weighted by Gasteiger charge is 2.33. The average Bonchev–Trinajstić information content (AvgIpc) is 2.35. The quantitative estimate of drug-likeness (QED) is 0.866. The van der Waals surface area contributed by atoms with Gasteiger partial charge in [-0.15, -0.1) is 0 Å². The van der Waals surface area contributed by atoms with E-state index in [9.17, 15) is 4.79 Å². The molecule has 3 nitrogen and oxygen atoms in total. The van der Waals surface area contributed by atoms with Crippen LogP contribution in [0.5, 0.6) is 0 Å². The number of amides is 1. The van der Waals surface area contributed by atoms with Crippen molar-refractivity contribution in [3.63, 3.8) is 0 Å². The molecule has 1 amide bonds. The summed E-state index contributed by atoms with van der Waals surface area (Å²) in [5.41, 5.74) is 0.535. The van der Waals surface area contributed by atoms with Gasteiger partial charge in [0.25, 0.3) is 0 Å². The Kier molecular flexibility index (Phi) is 5.35. The van der Waals surface area contributed by atoms with Crippen molar-refractivity contribution in [1.82, 2.24) is 10.6 Å². The molecule has 0 aromatic heterocycles. The van der Waals surface area contributed by atoms with E-state index >= 15 is 0 Å². The lowest BCUT2D eigenvalue weighted by Crippen LogP contribution is -2.54. The van der Waals surface area contributed by atoms with Gasteiger partial charge < -0.3 is 10.6 Å². The normalized spacial score (nSPS) is 13.9. The molecule has 0 fully saturated rings. The summed E-state index contributed by atoms with van der Waals surface area (Å²) >= 11 is 0. The molecule has 0 aliphatic heterocycles. The highest BCUT2D eigenvalue weighted by molar-refractivity contribution is 5.85. The molecule has 1 atom stereocenters. The van der Waals surface area contributed by atoms with E-state index in [2.05, 4.69) is 43.5 Å². The zero-order valence-corrected chi connectivity index (χ0v) is 13.6. The second-order valence-electron chi connectivity index (χ2n) is 6.84. The van der Waals surface area contributed by atoms with Crippen LogP contribution in [0.1, 0.15) is 53.1 Å². The molecule has 0 bridgehead atoms. The van der Waals surface area contributed by atoms with Gasteiger partial charge in [0.2, 0.25) is 5.91 Å². The van der Waals surface area contributed by atoms with Crippen LogP contribution >= 0.6 is 0 Å². The van der Waals surface area contributed by atoms with E-state index < -0.39 is 5.54 Å². The molecule has 1 aromatic rings. The van der Waals surface area contributed by atoms with Crippen LogP contribution in [0, 0.1) is 5.41 Å². The third-order valence-corrected chi connectivity index (χ3v) is 3.46.